The minimum absolute atomic E-state index is 0.239. The molecule has 0 fully saturated rings. The molecule has 2 atom stereocenters. The van der Waals surface area contributed by atoms with Gasteiger partial charge in [-0.3, -0.25) is 0 Å². The number of hydrogen-bond acceptors (Lipinski definition) is 2. The van der Waals surface area contributed by atoms with E-state index >= 15 is 0 Å². The van der Waals surface area contributed by atoms with E-state index < -0.39 is 0 Å². The van der Waals surface area contributed by atoms with Crippen LogP contribution in [0.4, 0.5) is 0 Å². The Kier molecular flexibility index (Phi) is 3.09. The van der Waals surface area contributed by atoms with Gasteiger partial charge in [0.25, 0.3) is 0 Å². The average Bonchev–Trinajstić information content (AvgIpc) is 2.37. The second-order valence-corrected chi connectivity index (χ2v) is 7.09. The molecule has 0 saturated heterocycles. The van der Waals surface area contributed by atoms with E-state index in [-0.39, 0.29) is 5.41 Å². The highest BCUT2D eigenvalue weighted by molar-refractivity contribution is 5.49. The fourth-order valence-corrected chi connectivity index (χ4v) is 3.80. The molecule has 0 amide bonds. The van der Waals surface area contributed by atoms with Gasteiger partial charge in [-0.25, -0.2) is 0 Å². The first-order chi connectivity index (χ1) is 9.00. The number of aryl methyl sites for hydroxylation is 1. The highest BCUT2D eigenvalue weighted by atomic mass is 16.5. The molecule has 2 heteroatoms. The van der Waals surface area contributed by atoms with Crippen LogP contribution in [0.25, 0.3) is 0 Å². The Balaban J connectivity index is 2.16. The maximum atomic E-state index is 5.52. The fourth-order valence-electron chi connectivity index (χ4n) is 3.80. The SMILES string of the molecule is COc1cc2c3c(c1)C(C(C)(C)C)NCC3CCC2. The molecule has 0 bridgehead atoms. The highest BCUT2D eigenvalue weighted by Gasteiger charge is 2.36. The van der Waals surface area contributed by atoms with Crippen LogP contribution in [0.1, 0.15) is 62.3 Å². The van der Waals surface area contributed by atoms with Crippen LogP contribution in [0.3, 0.4) is 0 Å². The maximum Gasteiger partial charge on any atom is 0.119 e. The van der Waals surface area contributed by atoms with E-state index in [9.17, 15) is 0 Å². The lowest BCUT2D eigenvalue weighted by Crippen LogP contribution is -2.41. The zero-order chi connectivity index (χ0) is 13.6. The Morgan fingerprint density at radius 1 is 1.26 bits per heavy atom. The number of methoxy groups -OCH3 is 1. The summed E-state index contributed by atoms with van der Waals surface area (Å²) < 4.78 is 5.52. The van der Waals surface area contributed by atoms with Crippen LogP contribution in [0.5, 0.6) is 5.75 Å². The Labute approximate surface area is 116 Å². The van der Waals surface area contributed by atoms with Gasteiger partial charge in [0.1, 0.15) is 5.75 Å². The molecule has 1 aliphatic carbocycles. The molecule has 19 heavy (non-hydrogen) atoms. The molecule has 1 aliphatic heterocycles. The summed E-state index contributed by atoms with van der Waals surface area (Å²) in [6.45, 7) is 8.09. The van der Waals surface area contributed by atoms with Gasteiger partial charge in [-0.1, -0.05) is 20.8 Å². The van der Waals surface area contributed by atoms with Crippen LogP contribution in [-0.2, 0) is 6.42 Å². The lowest BCUT2D eigenvalue weighted by atomic mass is 9.71. The lowest BCUT2D eigenvalue weighted by molar-refractivity contribution is 0.247. The largest absolute Gasteiger partial charge is 0.497 e. The van der Waals surface area contributed by atoms with Gasteiger partial charge in [-0.15, -0.1) is 0 Å². The molecule has 0 spiro atoms. The van der Waals surface area contributed by atoms with E-state index in [1.165, 1.54) is 30.4 Å². The minimum Gasteiger partial charge on any atom is -0.497 e. The van der Waals surface area contributed by atoms with Gasteiger partial charge >= 0.3 is 0 Å². The third-order valence-corrected chi connectivity index (χ3v) is 4.66. The third-order valence-electron chi connectivity index (χ3n) is 4.66. The van der Waals surface area contributed by atoms with Crippen molar-refractivity contribution in [2.24, 2.45) is 5.41 Å². The van der Waals surface area contributed by atoms with Crippen LogP contribution >= 0.6 is 0 Å². The number of benzene rings is 1. The van der Waals surface area contributed by atoms with Crippen molar-refractivity contribution in [1.29, 1.82) is 0 Å². The summed E-state index contributed by atoms with van der Waals surface area (Å²) >= 11 is 0. The summed E-state index contributed by atoms with van der Waals surface area (Å²) in [6.07, 6.45) is 3.86. The standard InChI is InChI=1S/C17H25NO/c1-17(2,3)16-14-9-13(19-4)8-11-6-5-7-12(10-18-16)15(11)14/h8-9,12,16,18H,5-7,10H2,1-4H3. The normalized spacial score (nSPS) is 25.9. The van der Waals surface area contributed by atoms with Crippen molar-refractivity contribution >= 4 is 0 Å². The molecule has 0 saturated carbocycles. The molecule has 3 rings (SSSR count). The smallest absolute Gasteiger partial charge is 0.119 e. The third kappa shape index (κ3) is 2.16. The van der Waals surface area contributed by atoms with Gasteiger partial charge in [0, 0.05) is 12.6 Å². The minimum atomic E-state index is 0.239. The molecule has 2 aliphatic rings. The molecule has 1 aromatic rings. The van der Waals surface area contributed by atoms with E-state index in [1.54, 1.807) is 12.7 Å². The second-order valence-electron chi connectivity index (χ2n) is 7.09. The Morgan fingerprint density at radius 2 is 2.05 bits per heavy atom. The fraction of sp³-hybridized carbons (Fsp3) is 0.647. The van der Waals surface area contributed by atoms with Gasteiger partial charge in [0.2, 0.25) is 0 Å². The van der Waals surface area contributed by atoms with Crippen LogP contribution in [0.15, 0.2) is 12.1 Å². The van der Waals surface area contributed by atoms with E-state index in [0.29, 0.717) is 12.0 Å². The highest BCUT2D eigenvalue weighted by Crippen LogP contribution is 2.46. The first kappa shape index (κ1) is 13.0. The van der Waals surface area contributed by atoms with Crippen LogP contribution < -0.4 is 10.1 Å². The maximum absolute atomic E-state index is 5.52. The Bertz CT molecular complexity index is 487. The molecule has 1 heterocycles. The van der Waals surface area contributed by atoms with Crippen molar-refractivity contribution in [1.82, 2.24) is 5.32 Å². The van der Waals surface area contributed by atoms with Crippen molar-refractivity contribution in [2.45, 2.75) is 52.0 Å². The second kappa shape index (κ2) is 4.52. The molecule has 1 N–H and O–H groups in total. The molecule has 104 valence electrons. The van der Waals surface area contributed by atoms with E-state index in [1.807, 2.05) is 0 Å². The zero-order valence-corrected chi connectivity index (χ0v) is 12.5. The summed E-state index contributed by atoms with van der Waals surface area (Å²) in [4.78, 5) is 0. The average molecular weight is 259 g/mol. The monoisotopic (exact) mass is 259 g/mol. The molecule has 0 aromatic heterocycles. The molecule has 0 radical (unpaired) electrons. The zero-order valence-electron chi connectivity index (χ0n) is 12.5. The van der Waals surface area contributed by atoms with Crippen LogP contribution in [0, 0.1) is 5.41 Å². The molecule has 1 aromatic carbocycles. The predicted octanol–water partition coefficient (Wildman–Crippen LogP) is 3.81. The van der Waals surface area contributed by atoms with Crippen LogP contribution in [-0.4, -0.2) is 13.7 Å². The van der Waals surface area contributed by atoms with Gasteiger partial charge in [-0.2, -0.15) is 0 Å². The van der Waals surface area contributed by atoms with Crippen molar-refractivity contribution in [3.63, 3.8) is 0 Å². The Morgan fingerprint density at radius 3 is 2.74 bits per heavy atom. The van der Waals surface area contributed by atoms with Gasteiger partial charge in [0.15, 0.2) is 0 Å². The Hall–Kier alpha value is -1.02. The molecular formula is C17H25NO. The topological polar surface area (TPSA) is 21.3 Å². The number of nitrogens with one attached hydrogen (secondary N) is 1. The van der Waals surface area contributed by atoms with Gasteiger partial charge in [-0.05, 0) is 59.4 Å². The quantitative estimate of drug-likeness (QED) is 0.828. The summed E-state index contributed by atoms with van der Waals surface area (Å²) in [5, 5.41) is 3.77. The van der Waals surface area contributed by atoms with E-state index in [2.05, 4.69) is 38.2 Å². The van der Waals surface area contributed by atoms with Crippen molar-refractivity contribution in [2.75, 3.05) is 13.7 Å². The number of rotatable bonds is 1. The van der Waals surface area contributed by atoms with E-state index in [4.69, 9.17) is 4.74 Å². The van der Waals surface area contributed by atoms with E-state index in [0.717, 1.165) is 12.3 Å². The number of hydrogen-bond donors (Lipinski definition) is 1. The first-order valence-electron chi connectivity index (χ1n) is 7.45. The first-order valence-corrected chi connectivity index (χ1v) is 7.45. The van der Waals surface area contributed by atoms with Gasteiger partial charge in [0.05, 0.1) is 7.11 Å². The van der Waals surface area contributed by atoms with Crippen molar-refractivity contribution < 1.29 is 4.74 Å². The number of ether oxygens (including phenoxy) is 1. The summed E-state index contributed by atoms with van der Waals surface area (Å²) in [5.74, 6) is 1.73. The summed E-state index contributed by atoms with van der Waals surface area (Å²) in [6, 6.07) is 4.96. The van der Waals surface area contributed by atoms with Gasteiger partial charge < -0.3 is 10.1 Å². The molecular weight excluding hydrogens is 234 g/mol. The van der Waals surface area contributed by atoms with Crippen molar-refractivity contribution in [3.05, 3.63) is 28.8 Å². The van der Waals surface area contributed by atoms with Crippen LogP contribution in [0.2, 0.25) is 0 Å². The summed E-state index contributed by atoms with van der Waals surface area (Å²) in [5.41, 5.74) is 4.88. The lowest BCUT2D eigenvalue weighted by Gasteiger charge is -2.42. The molecule has 2 unspecified atom stereocenters. The molecule has 2 nitrogen and oxygen atoms in total. The predicted molar refractivity (Wildman–Crippen MR) is 78.9 cm³/mol. The summed E-state index contributed by atoms with van der Waals surface area (Å²) in [7, 11) is 1.77. The van der Waals surface area contributed by atoms with Crippen molar-refractivity contribution in [3.8, 4) is 5.75 Å².